The number of aromatic amines is 1. The van der Waals surface area contributed by atoms with Crippen molar-refractivity contribution in [3.05, 3.63) is 70.8 Å². The van der Waals surface area contributed by atoms with Crippen LogP contribution in [-0.2, 0) is 6.42 Å². The van der Waals surface area contributed by atoms with Gasteiger partial charge in [-0.15, -0.1) is 0 Å². The van der Waals surface area contributed by atoms with Gasteiger partial charge in [0.15, 0.2) is 5.82 Å². The smallest absolute Gasteiger partial charge is 0.216 e. The number of hydrogen-bond acceptors (Lipinski definition) is 3. The van der Waals surface area contributed by atoms with E-state index in [1.54, 1.807) is 10.9 Å². The summed E-state index contributed by atoms with van der Waals surface area (Å²) >= 11 is 5.17. The van der Waals surface area contributed by atoms with Crippen molar-refractivity contribution in [1.29, 1.82) is 0 Å². The molecule has 22 heavy (non-hydrogen) atoms. The largest absolute Gasteiger partial charge is 0.250 e. The van der Waals surface area contributed by atoms with Gasteiger partial charge >= 0.3 is 0 Å². The van der Waals surface area contributed by atoms with Crippen molar-refractivity contribution in [2.45, 2.75) is 13.3 Å². The van der Waals surface area contributed by atoms with Crippen molar-refractivity contribution in [3.8, 4) is 11.1 Å². The SMILES string of the molecule is CCc1n[nH]c(=S)n1/N=C/c1ccc(-c2ccccc2)cc1. The van der Waals surface area contributed by atoms with Crippen LogP contribution in [0.4, 0.5) is 0 Å². The second kappa shape index (κ2) is 6.49. The topological polar surface area (TPSA) is 46.0 Å². The lowest BCUT2D eigenvalue weighted by molar-refractivity contribution is 0.780. The minimum atomic E-state index is 0.508. The molecule has 1 aromatic heterocycles. The van der Waals surface area contributed by atoms with E-state index in [4.69, 9.17) is 12.2 Å². The molecule has 0 unspecified atom stereocenters. The quantitative estimate of drug-likeness (QED) is 0.584. The number of aryl methyl sites for hydroxylation is 1. The Kier molecular flexibility index (Phi) is 4.25. The molecular weight excluding hydrogens is 292 g/mol. The van der Waals surface area contributed by atoms with Crippen LogP contribution in [0.5, 0.6) is 0 Å². The maximum Gasteiger partial charge on any atom is 0.216 e. The number of nitrogens with one attached hydrogen (secondary N) is 1. The fraction of sp³-hybridized carbons (Fsp3) is 0.118. The highest BCUT2D eigenvalue weighted by atomic mass is 32.1. The van der Waals surface area contributed by atoms with Gasteiger partial charge in [0.1, 0.15) is 0 Å². The standard InChI is InChI=1S/C17H16N4S/c1-2-16-19-20-17(22)21(16)18-12-13-8-10-15(11-9-13)14-6-4-3-5-7-14/h3-12H,2H2,1H3,(H,20,22)/b18-12+. The number of benzene rings is 2. The van der Waals surface area contributed by atoms with E-state index in [1.807, 2.05) is 37.3 Å². The molecule has 110 valence electrons. The lowest BCUT2D eigenvalue weighted by Crippen LogP contribution is -1.97. The van der Waals surface area contributed by atoms with Crippen molar-refractivity contribution in [2.75, 3.05) is 0 Å². The molecule has 0 radical (unpaired) electrons. The van der Waals surface area contributed by atoms with Gasteiger partial charge in [0.05, 0.1) is 6.21 Å². The van der Waals surface area contributed by atoms with Crippen molar-refractivity contribution in [2.24, 2.45) is 5.10 Å². The normalized spacial score (nSPS) is 11.1. The third-order valence-electron chi connectivity index (χ3n) is 3.37. The predicted octanol–water partition coefficient (Wildman–Crippen LogP) is 4.05. The minimum absolute atomic E-state index is 0.508. The van der Waals surface area contributed by atoms with Crippen LogP contribution in [0.2, 0.25) is 0 Å². The molecule has 4 nitrogen and oxygen atoms in total. The highest BCUT2D eigenvalue weighted by Gasteiger charge is 2.01. The summed E-state index contributed by atoms with van der Waals surface area (Å²) in [5.74, 6) is 0.821. The molecule has 5 heteroatoms. The van der Waals surface area contributed by atoms with E-state index in [1.165, 1.54) is 11.1 Å². The van der Waals surface area contributed by atoms with Crippen LogP contribution in [0.1, 0.15) is 18.3 Å². The second-order valence-corrected chi connectivity index (χ2v) is 5.23. The Morgan fingerprint density at radius 3 is 2.45 bits per heavy atom. The van der Waals surface area contributed by atoms with Crippen molar-refractivity contribution in [1.82, 2.24) is 14.9 Å². The molecule has 0 aliphatic heterocycles. The third-order valence-corrected chi connectivity index (χ3v) is 3.64. The van der Waals surface area contributed by atoms with E-state index in [2.05, 4.69) is 39.6 Å². The van der Waals surface area contributed by atoms with Crippen molar-refractivity contribution < 1.29 is 0 Å². The van der Waals surface area contributed by atoms with Crippen LogP contribution < -0.4 is 0 Å². The summed E-state index contributed by atoms with van der Waals surface area (Å²) in [6.45, 7) is 2.02. The number of H-pyrrole nitrogens is 1. The Morgan fingerprint density at radius 2 is 1.77 bits per heavy atom. The lowest BCUT2D eigenvalue weighted by atomic mass is 10.0. The van der Waals surface area contributed by atoms with E-state index in [-0.39, 0.29) is 0 Å². The van der Waals surface area contributed by atoms with Gasteiger partial charge in [0, 0.05) is 6.42 Å². The summed E-state index contributed by atoms with van der Waals surface area (Å²) < 4.78 is 2.16. The molecule has 0 amide bonds. The van der Waals surface area contributed by atoms with Crippen LogP contribution >= 0.6 is 12.2 Å². The van der Waals surface area contributed by atoms with Crippen molar-refractivity contribution in [3.63, 3.8) is 0 Å². The van der Waals surface area contributed by atoms with E-state index in [0.717, 1.165) is 17.8 Å². The number of aromatic nitrogens is 3. The first-order chi connectivity index (χ1) is 10.8. The third kappa shape index (κ3) is 3.04. The summed E-state index contributed by atoms with van der Waals surface area (Å²) in [6, 6.07) is 18.6. The predicted molar refractivity (Wildman–Crippen MR) is 91.7 cm³/mol. The molecule has 3 rings (SSSR count). The molecule has 0 aliphatic rings. The van der Waals surface area contributed by atoms with Crippen LogP contribution in [0.15, 0.2) is 59.7 Å². The average molecular weight is 308 g/mol. The van der Waals surface area contributed by atoms with Gasteiger partial charge in [0.25, 0.3) is 0 Å². The molecule has 0 saturated carbocycles. The van der Waals surface area contributed by atoms with Crippen LogP contribution in [-0.4, -0.2) is 21.1 Å². The molecule has 0 bridgehead atoms. The molecule has 1 N–H and O–H groups in total. The summed E-state index contributed by atoms with van der Waals surface area (Å²) in [5.41, 5.74) is 3.41. The highest BCUT2D eigenvalue weighted by Crippen LogP contribution is 2.18. The van der Waals surface area contributed by atoms with E-state index >= 15 is 0 Å². The van der Waals surface area contributed by atoms with Gasteiger partial charge in [-0.05, 0) is 28.9 Å². The molecule has 3 aromatic rings. The Balaban J connectivity index is 1.83. The lowest BCUT2D eigenvalue weighted by Gasteiger charge is -2.02. The average Bonchev–Trinajstić information content (AvgIpc) is 2.94. The molecule has 0 spiro atoms. The zero-order valence-electron chi connectivity index (χ0n) is 12.2. The number of hydrogen-bond donors (Lipinski definition) is 1. The summed E-state index contributed by atoms with van der Waals surface area (Å²) in [4.78, 5) is 0. The Hall–Kier alpha value is -2.53. The molecule has 0 aliphatic carbocycles. The van der Waals surface area contributed by atoms with Gasteiger partial charge in [-0.3, -0.25) is 5.10 Å². The van der Waals surface area contributed by atoms with E-state index in [0.29, 0.717) is 4.77 Å². The fourth-order valence-corrected chi connectivity index (χ4v) is 2.39. The van der Waals surface area contributed by atoms with Gasteiger partial charge in [-0.2, -0.15) is 14.9 Å². The van der Waals surface area contributed by atoms with Crippen molar-refractivity contribution >= 4 is 18.4 Å². The first-order valence-corrected chi connectivity index (χ1v) is 7.55. The van der Waals surface area contributed by atoms with Crippen LogP contribution in [0.3, 0.4) is 0 Å². The van der Waals surface area contributed by atoms with Gasteiger partial charge in [-0.1, -0.05) is 61.5 Å². The van der Waals surface area contributed by atoms with E-state index < -0.39 is 0 Å². The molecular formula is C17H16N4S. The van der Waals surface area contributed by atoms with Crippen LogP contribution in [0, 0.1) is 4.77 Å². The van der Waals surface area contributed by atoms with Gasteiger partial charge in [0.2, 0.25) is 4.77 Å². The molecule has 1 heterocycles. The molecule has 0 saturated heterocycles. The first kappa shape index (κ1) is 14.4. The minimum Gasteiger partial charge on any atom is -0.250 e. The summed E-state index contributed by atoms with van der Waals surface area (Å²) in [5, 5.41) is 11.3. The zero-order chi connectivity index (χ0) is 15.4. The Bertz CT molecular complexity index is 829. The highest BCUT2D eigenvalue weighted by molar-refractivity contribution is 7.71. The molecule has 0 fully saturated rings. The van der Waals surface area contributed by atoms with Crippen LogP contribution in [0.25, 0.3) is 11.1 Å². The maximum atomic E-state index is 5.17. The fourth-order valence-electron chi connectivity index (χ4n) is 2.19. The van der Waals surface area contributed by atoms with Gasteiger partial charge < -0.3 is 0 Å². The summed E-state index contributed by atoms with van der Waals surface area (Å²) in [6.07, 6.45) is 2.57. The van der Waals surface area contributed by atoms with Gasteiger partial charge in [-0.25, -0.2) is 0 Å². The monoisotopic (exact) mass is 308 g/mol. The zero-order valence-corrected chi connectivity index (χ0v) is 13.0. The first-order valence-electron chi connectivity index (χ1n) is 7.14. The maximum absolute atomic E-state index is 5.17. The summed E-state index contributed by atoms with van der Waals surface area (Å²) in [7, 11) is 0. The number of nitrogens with zero attached hydrogens (tertiary/aromatic N) is 3. The second-order valence-electron chi connectivity index (χ2n) is 4.84. The molecule has 2 aromatic carbocycles. The number of rotatable bonds is 4. The Labute approximate surface area is 134 Å². The molecule has 0 atom stereocenters. The Morgan fingerprint density at radius 1 is 1.09 bits per heavy atom. The van der Waals surface area contributed by atoms with E-state index in [9.17, 15) is 0 Å².